The van der Waals surface area contributed by atoms with Gasteiger partial charge in [0.25, 0.3) is 0 Å². The normalized spacial score (nSPS) is 13.2. The molecule has 1 atom stereocenters. The number of Topliss-reactive ketones (excluding diaryl/α,β-unsaturated/α-hetero) is 1. The molecule has 0 spiro atoms. The number of ketones is 1. The third kappa shape index (κ3) is 6.67. The van der Waals surface area contributed by atoms with Crippen molar-refractivity contribution < 1.29 is 9.90 Å². The number of aliphatic hydroxyl groups is 1. The van der Waals surface area contributed by atoms with Crippen molar-refractivity contribution in [3.63, 3.8) is 0 Å². The zero-order valence-corrected chi connectivity index (χ0v) is 12.6. The molecule has 0 bridgehead atoms. The molecule has 0 saturated heterocycles. The highest BCUT2D eigenvalue weighted by Gasteiger charge is 2.05. The van der Waals surface area contributed by atoms with E-state index in [-0.39, 0.29) is 12.4 Å². The second-order valence-electron chi connectivity index (χ2n) is 5.53. The first-order valence-electron chi connectivity index (χ1n) is 7.48. The Morgan fingerprint density at radius 2 is 1.90 bits per heavy atom. The Hall–Kier alpha value is -1.41. The highest BCUT2D eigenvalue weighted by molar-refractivity contribution is 5.96. The Morgan fingerprint density at radius 3 is 2.55 bits per heavy atom. The molecule has 0 aromatic heterocycles. The maximum absolute atomic E-state index is 12.0. The molecule has 0 heterocycles. The average molecular weight is 274 g/mol. The topological polar surface area (TPSA) is 37.3 Å². The Labute approximate surface area is 122 Å². The third-order valence-electron chi connectivity index (χ3n) is 3.62. The van der Waals surface area contributed by atoms with Gasteiger partial charge in [0, 0.05) is 18.6 Å². The molecule has 0 radical (unpaired) electrons. The molecule has 2 nitrogen and oxygen atoms in total. The van der Waals surface area contributed by atoms with E-state index < -0.39 is 0 Å². The van der Waals surface area contributed by atoms with Crippen LogP contribution in [0.5, 0.6) is 0 Å². The maximum Gasteiger partial charge on any atom is 0.163 e. The van der Waals surface area contributed by atoms with Crippen molar-refractivity contribution >= 4 is 5.78 Å². The number of hydrogen-bond acceptors (Lipinski definition) is 2. The van der Waals surface area contributed by atoms with Gasteiger partial charge in [-0.1, -0.05) is 48.9 Å². The van der Waals surface area contributed by atoms with Crippen LogP contribution in [0.15, 0.2) is 42.0 Å². The van der Waals surface area contributed by atoms with Crippen molar-refractivity contribution in [3.8, 4) is 0 Å². The molecule has 0 amide bonds. The molecule has 0 aliphatic heterocycles. The lowest BCUT2D eigenvalue weighted by Crippen LogP contribution is -1.99. The molecule has 110 valence electrons. The van der Waals surface area contributed by atoms with Crippen LogP contribution in [-0.2, 0) is 0 Å². The van der Waals surface area contributed by atoms with Gasteiger partial charge in [-0.05, 0) is 38.5 Å². The molecule has 1 rings (SSSR count). The molecule has 1 aromatic rings. The fraction of sp³-hybridized carbons (Fsp3) is 0.500. The van der Waals surface area contributed by atoms with E-state index in [9.17, 15) is 4.79 Å². The van der Waals surface area contributed by atoms with Gasteiger partial charge < -0.3 is 5.11 Å². The number of carbonyl (C=O) groups excluding carboxylic acids is 1. The van der Waals surface area contributed by atoms with Crippen molar-refractivity contribution in [1.82, 2.24) is 0 Å². The predicted molar refractivity (Wildman–Crippen MR) is 83.9 cm³/mol. The van der Waals surface area contributed by atoms with E-state index >= 15 is 0 Å². The Bertz CT molecular complexity index is 420. The predicted octanol–water partition coefficient (Wildman–Crippen LogP) is 4.39. The minimum atomic E-state index is 0.215. The lowest BCUT2D eigenvalue weighted by molar-refractivity contribution is 0.0982. The monoisotopic (exact) mass is 274 g/mol. The van der Waals surface area contributed by atoms with Crippen LogP contribution in [0.1, 0.15) is 56.3 Å². The van der Waals surface area contributed by atoms with E-state index in [1.54, 1.807) is 0 Å². The standard InChI is InChI=1S/C18H26O2/c1-15(7-6-8-16(2)13-14-19)11-12-18(20)17-9-4-3-5-10-17/h3-5,7,9-10,16,19H,6,8,11-14H2,1-2H3/b15-7-. The molecule has 1 unspecified atom stereocenters. The van der Waals surface area contributed by atoms with E-state index in [1.807, 2.05) is 30.3 Å². The number of carbonyl (C=O) groups is 1. The van der Waals surface area contributed by atoms with Crippen LogP contribution in [-0.4, -0.2) is 17.5 Å². The first kappa shape index (κ1) is 16.6. The van der Waals surface area contributed by atoms with Crippen LogP contribution < -0.4 is 0 Å². The zero-order valence-electron chi connectivity index (χ0n) is 12.6. The quantitative estimate of drug-likeness (QED) is 0.535. The number of allylic oxidation sites excluding steroid dienone is 2. The molecule has 1 N–H and O–H groups in total. The second-order valence-corrected chi connectivity index (χ2v) is 5.53. The van der Waals surface area contributed by atoms with Gasteiger partial charge in [-0.2, -0.15) is 0 Å². The molecule has 0 saturated carbocycles. The summed E-state index contributed by atoms with van der Waals surface area (Å²) in [7, 11) is 0. The summed E-state index contributed by atoms with van der Waals surface area (Å²) in [5.41, 5.74) is 2.09. The van der Waals surface area contributed by atoms with E-state index in [4.69, 9.17) is 5.11 Å². The van der Waals surface area contributed by atoms with Gasteiger partial charge in [0.05, 0.1) is 0 Å². The molecule has 1 aromatic carbocycles. The summed E-state index contributed by atoms with van der Waals surface area (Å²) in [6.07, 6.45) is 6.66. The molecule has 2 heteroatoms. The minimum Gasteiger partial charge on any atom is -0.396 e. The summed E-state index contributed by atoms with van der Waals surface area (Å²) in [4.78, 5) is 12.0. The highest BCUT2D eigenvalue weighted by atomic mass is 16.3. The number of aliphatic hydroxyl groups excluding tert-OH is 1. The number of rotatable bonds is 9. The van der Waals surface area contributed by atoms with E-state index in [0.29, 0.717) is 12.3 Å². The summed E-state index contributed by atoms with van der Waals surface area (Å²) >= 11 is 0. The van der Waals surface area contributed by atoms with Gasteiger partial charge in [0.1, 0.15) is 0 Å². The van der Waals surface area contributed by atoms with Crippen LogP contribution in [0.2, 0.25) is 0 Å². The summed E-state index contributed by atoms with van der Waals surface area (Å²) < 4.78 is 0. The SMILES string of the molecule is C/C(=C/CCC(C)CCO)CCC(=O)c1ccccc1. The van der Waals surface area contributed by atoms with Crippen molar-refractivity contribution in [3.05, 3.63) is 47.5 Å². The van der Waals surface area contributed by atoms with Gasteiger partial charge in [-0.25, -0.2) is 0 Å². The maximum atomic E-state index is 12.0. The lowest BCUT2D eigenvalue weighted by atomic mass is 9.99. The number of benzene rings is 1. The van der Waals surface area contributed by atoms with Gasteiger partial charge >= 0.3 is 0 Å². The smallest absolute Gasteiger partial charge is 0.163 e. The molecule has 0 aliphatic rings. The first-order chi connectivity index (χ1) is 9.63. The summed E-state index contributed by atoms with van der Waals surface area (Å²) in [6, 6.07) is 9.47. The highest BCUT2D eigenvalue weighted by Crippen LogP contribution is 2.14. The van der Waals surface area contributed by atoms with Crippen LogP contribution in [0.3, 0.4) is 0 Å². The summed E-state index contributed by atoms with van der Waals surface area (Å²) in [5, 5.41) is 8.85. The third-order valence-corrected chi connectivity index (χ3v) is 3.62. The van der Waals surface area contributed by atoms with Crippen LogP contribution in [0, 0.1) is 5.92 Å². The molecular weight excluding hydrogens is 248 g/mol. The molecule has 0 fully saturated rings. The summed E-state index contributed by atoms with van der Waals surface area (Å²) in [6.45, 7) is 4.53. The van der Waals surface area contributed by atoms with Crippen molar-refractivity contribution in [2.45, 2.75) is 46.0 Å². The average Bonchev–Trinajstić information content (AvgIpc) is 2.46. The van der Waals surface area contributed by atoms with Crippen molar-refractivity contribution in [2.24, 2.45) is 5.92 Å². The Morgan fingerprint density at radius 1 is 1.20 bits per heavy atom. The first-order valence-corrected chi connectivity index (χ1v) is 7.48. The zero-order chi connectivity index (χ0) is 14.8. The minimum absolute atomic E-state index is 0.215. The molecule has 20 heavy (non-hydrogen) atoms. The van der Waals surface area contributed by atoms with E-state index in [0.717, 1.165) is 31.2 Å². The van der Waals surface area contributed by atoms with Crippen LogP contribution in [0.4, 0.5) is 0 Å². The second kappa shape index (κ2) is 9.49. The number of hydrogen-bond donors (Lipinski definition) is 1. The van der Waals surface area contributed by atoms with Crippen LogP contribution in [0.25, 0.3) is 0 Å². The Kier molecular flexibility index (Phi) is 7.89. The lowest BCUT2D eigenvalue weighted by Gasteiger charge is -2.07. The van der Waals surface area contributed by atoms with E-state index in [1.165, 1.54) is 5.57 Å². The molecular formula is C18H26O2. The molecule has 0 aliphatic carbocycles. The van der Waals surface area contributed by atoms with Gasteiger partial charge in [-0.3, -0.25) is 4.79 Å². The van der Waals surface area contributed by atoms with E-state index in [2.05, 4.69) is 19.9 Å². The van der Waals surface area contributed by atoms with Gasteiger partial charge in [0.15, 0.2) is 5.78 Å². The van der Waals surface area contributed by atoms with Gasteiger partial charge in [-0.15, -0.1) is 0 Å². The van der Waals surface area contributed by atoms with Crippen molar-refractivity contribution in [2.75, 3.05) is 6.61 Å². The largest absolute Gasteiger partial charge is 0.396 e. The fourth-order valence-electron chi connectivity index (χ4n) is 2.16. The van der Waals surface area contributed by atoms with Crippen LogP contribution >= 0.6 is 0 Å². The van der Waals surface area contributed by atoms with Crippen molar-refractivity contribution in [1.29, 1.82) is 0 Å². The Balaban J connectivity index is 2.28. The fourth-order valence-corrected chi connectivity index (χ4v) is 2.16. The van der Waals surface area contributed by atoms with Gasteiger partial charge in [0.2, 0.25) is 0 Å². The summed E-state index contributed by atoms with van der Waals surface area (Å²) in [5.74, 6) is 0.780.